The number of hydrogen-bond acceptors (Lipinski definition) is 5. The molecule has 0 bridgehead atoms. The van der Waals surface area contributed by atoms with Gasteiger partial charge in [0.15, 0.2) is 0 Å². The van der Waals surface area contributed by atoms with Gasteiger partial charge in [0.25, 0.3) is 5.91 Å². The van der Waals surface area contributed by atoms with Gasteiger partial charge in [-0.1, -0.05) is 18.2 Å². The van der Waals surface area contributed by atoms with Crippen molar-refractivity contribution in [3.8, 4) is 0 Å². The van der Waals surface area contributed by atoms with Crippen LogP contribution in [0.4, 0.5) is 11.5 Å². The summed E-state index contributed by atoms with van der Waals surface area (Å²) in [6.45, 7) is 2.42. The fourth-order valence-corrected chi connectivity index (χ4v) is 2.16. The lowest BCUT2D eigenvalue weighted by Crippen LogP contribution is -2.24. The lowest BCUT2D eigenvalue weighted by Gasteiger charge is -2.07. The molecule has 0 atom stereocenters. The van der Waals surface area contributed by atoms with Crippen molar-refractivity contribution in [3.05, 3.63) is 78.0 Å². The third kappa shape index (κ3) is 4.13. The monoisotopic (exact) mass is 319 g/mol. The number of aryl methyl sites for hydroxylation is 1. The first-order valence-corrected chi connectivity index (χ1v) is 7.53. The summed E-state index contributed by atoms with van der Waals surface area (Å²) < 4.78 is 0. The average Bonchev–Trinajstić information content (AvgIpc) is 2.61. The zero-order chi connectivity index (χ0) is 16.8. The zero-order valence-electron chi connectivity index (χ0n) is 13.2. The molecule has 6 heteroatoms. The normalized spacial score (nSPS) is 10.2. The first kappa shape index (κ1) is 15.6. The number of nitrogens with one attached hydrogen (secondary N) is 2. The van der Waals surface area contributed by atoms with Gasteiger partial charge in [0.1, 0.15) is 11.5 Å². The van der Waals surface area contributed by atoms with Crippen molar-refractivity contribution in [1.82, 2.24) is 20.3 Å². The summed E-state index contributed by atoms with van der Waals surface area (Å²) in [5.41, 5.74) is 3.28. The molecule has 2 aromatic heterocycles. The molecular formula is C18H17N5O. The number of aromatic nitrogens is 3. The highest BCUT2D eigenvalue weighted by molar-refractivity contribution is 5.92. The molecule has 0 unspecified atom stereocenters. The Morgan fingerprint density at radius 2 is 2.00 bits per heavy atom. The summed E-state index contributed by atoms with van der Waals surface area (Å²) in [4.78, 5) is 24.5. The SMILES string of the molecule is Cc1cccc(Nc2cnc(C(=O)NCc3cccnc3)cn2)c1. The van der Waals surface area contributed by atoms with Gasteiger partial charge < -0.3 is 10.6 Å². The maximum atomic E-state index is 12.1. The molecule has 120 valence electrons. The fourth-order valence-electron chi connectivity index (χ4n) is 2.16. The van der Waals surface area contributed by atoms with Crippen LogP contribution in [0.1, 0.15) is 21.6 Å². The molecular weight excluding hydrogens is 302 g/mol. The fraction of sp³-hybridized carbons (Fsp3) is 0.111. The van der Waals surface area contributed by atoms with Crippen molar-refractivity contribution in [3.63, 3.8) is 0 Å². The van der Waals surface area contributed by atoms with Gasteiger partial charge in [-0.25, -0.2) is 9.97 Å². The predicted octanol–water partition coefficient (Wildman–Crippen LogP) is 2.85. The highest BCUT2D eigenvalue weighted by Gasteiger charge is 2.08. The van der Waals surface area contributed by atoms with Crippen LogP contribution in [0.3, 0.4) is 0 Å². The summed E-state index contributed by atoms with van der Waals surface area (Å²) in [6.07, 6.45) is 6.40. The number of hydrogen-bond donors (Lipinski definition) is 2. The lowest BCUT2D eigenvalue weighted by atomic mass is 10.2. The molecule has 0 aliphatic heterocycles. The van der Waals surface area contributed by atoms with Crippen LogP contribution in [0.25, 0.3) is 0 Å². The number of amides is 1. The van der Waals surface area contributed by atoms with Crippen LogP contribution in [-0.4, -0.2) is 20.9 Å². The maximum Gasteiger partial charge on any atom is 0.271 e. The van der Waals surface area contributed by atoms with Gasteiger partial charge in [0.05, 0.1) is 12.4 Å². The van der Waals surface area contributed by atoms with E-state index in [1.807, 2.05) is 43.3 Å². The van der Waals surface area contributed by atoms with Crippen molar-refractivity contribution in [1.29, 1.82) is 0 Å². The second kappa shape index (κ2) is 7.32. The standard InChI is InChI=1S/C18H17N5O/c1-13-4-2-6-15(8-13)23-17-12-20-16(11-21-17)18(24)22-10-14-5-3-7-19-9-14/h2-9,11-12H,10H2,1H3,(H,21,23)(H,22,24). The van der Waals surface area contributed by atoms with Crippen LogP contribution < -0.4 is 10.6 Å². The minimum atomic E-state index is -0.270. The van der Waals surface area contributed by atoms with Crippen LogP contribution in [0, 0.1) is 6.92 Å². The molecule has 2 heterocycles. The van der Waals surface area contributed by atoms with Crippen LogP contribution in [0.15, 0.2) is 61.2 Å². The van der Waals surface area contributed by atoms with E-state index in [1.54, 1.807) is 18.6 Å². The van der Waals surface area contributed by atoms with Crippen LogP contribution >= 0.6 is 0 Å². The summed E-state index contributed by atoms with van der Waals surface area (Å²) in [7, 11) is 0. The quantitative estimate of drug-likeness (QED) is 0.756. The van der Waals surface area contributed by atoms with Gasteiger partial charge in [0, 0.05) is 24.6 Å². The van der Waals surface area contributed by atoms with E-state index in [0.29, 0.717) is 12.4 Å². The molecule has 0 spiro atoms. The van der Waals surface area contributed by atoms with E-state index < -0.39 is 0 Å². The first-order chi connectivity index (χ1) is 11.7. The number of carbonyl (C=O) groups is 1. The maximum absolute atomic E-state index is 12.1. The Hall–Kier alpha value is -3.28. The largest absolute Gasteiger partial charge is 0.347 e. The predicted molar refractivity (Wildman–Crippen MR) is 91.9 cm³/mol. The number of rotatable bonds is 5. The van der Waals surface area contributed by atoms with E-state index in [4.69, 9.17) is 0 Å². The molecule has 1 amide bonds. The van der Waals surface area contributed by atoms with Crippen molar-refractivity contribution in [2.75, 3.05) is 5.32 Å². The molecule has 3 rings (SSSR count). The van der Waals surface area contributed by atoms with Crippen molar-refractivity contribution in [2.24, 2.45) is 0 Å². The van der Waals surface area contributed by atoms with E-state index in [9.17, 15) is 4.79 Å². The van der Waals surface area contributed by atoms with Gasteiger partial charge in [-0.05, 0) is 36.2 Å². The Bertz CT molecular complexity index is 818. The minimum absolute atomic E-state index is 0.270. The van der Waals surface area contributed by atoms with E-state index >= 15 is 0 Å². The Morgan fingerprint density at radius 3 is 2.71 bits per heavy atom. The second-order valence-corrected chi connectivity index (χ2v) is 5.33. The Kier molecular flexibility index (Phi) is 4.76. The van der Waals surface area contributed by atoms with Gasteiger partial charge >= 0.3 is 0 Å². The summed E-state index contributed by atoms with van der Waals surface area (Å²) >= 11 is 0. The second-order valence-electron chi connectivity index (χ2n) is 5.33. The molecule has 0 saturated carbocycles. The Labute approximate surface area is 140 Å². The van der Waals surface area contributed by atoms with E-state index in [2.05, 4.69) is 25.6 Å². The van der Waals surface area contributed by atoms with Crippen LogP contribution in [0.5, 0.6) is 0 Å². The Balaban J connectivity index is 1.60. The summed E-state index contributed by atoms with van der Waals surface area (Å²) in [5, 5.41) is 5.95. The summed E-state index contributed by atoms with van der Waals surface area (Å²) in [6, 6.07) is 11.7. The third-order valence-electron chi connectivity index (χ3n) is 3.35. The van der Waals surface area contributed by atoms with Gasteiger partial charge in [-0.15, -0.1) is 0 Å². The molecule has 1 aromatic carbocycles. The van der Waals surface area contributed by atoms with E-state index in [-0.39, 0.29) is 11.6 Å². The average molecular weight is 319 g/mol. The third-order valence-corrected chi connectivity index (χ3v) is 3.35. The smallest absolute Gasteiger partial charge is 0.271 e. The summed E-state index contributed by atoms with van der Waals surface area (Å²) in [5.74, 6) is 0.317. The number of nitrogens with zero attached hydrogens (tertiary/aromatic N) is 3. The molecule has 3 aromatic rings. The first-order valence-electron chi connectivity index (χ1n) is 7.53. The topological polar surface area (TPSA) is 79.8 Å². The molecule has 0 aliphatic carbocycles. The molecule has 0 radical (unpaired) electrons. The van der Waals surface area contributed by atoms with Gasteiger partial charge in [0.2, 0.25) is 0 Å². The van der Waals surface area contributed by atoms with Gasteiger partial charge in [-0.2, -0.15) is 0 Å². The molecule has 0 saturated heterocycles. The van der Waals surface area contributed by atoms with Crippen molar-refractivity contribution in [2.45, 2.75) is 13.5 Å². The number of benzene rings is 1. The van der Waals surface area contributed by atoms with Crippen LogP contribution in [-0.2, 0) is 6.54 Å². The molecule has 0 aliphatic rings. The molecule has 6 nitrogen and oxygen atoms in total. The molecule has 0 fully saturated rings. The Morgan fingerprint density at radius 1 is 1.08 bits per heavy atom. The molecule has 24 heavy (non-hydrogen) atoms. The minimum Gasteiger partial charge on any atom is -0.347 e. The van der Waals surface area contributed by atoms with Crippen molar-refractivity contribution < 1.29 is 4.79 Å². The number of pyridine rings is 1. The lowest BCUT2D eigenvalue weighted by molar-refractivity contribution is 0.0945. The van der Waals surface area contributed by atoms with E-state index in [1.165, 1.54) is 6.20 Å². The highest BCUT2D eigenvalue weighted by atomic mass is 16.1. The van der Waals surface area contributed by atoms with Gasteiger partial charge in [-0.3, -0.25) is 9.78 Å². The van der Waals surface area contributed by atoms with Crippen molar-refractivity contribution >= 4 is 17.4 Å². The highest BCUT2D eigenvalue weighted by Crippen LogP contribution is 2.14. The zero-order valence-corrected chi connectivity index (χ0v) is 13.2. The number of anilines is 2. The number of carbonyl (C=O) groups excluding carboxylic acids is 1. The van der Waals surface area contributed by atoms with E-state index in [0.717, 1.165) is 16.8 Å². The molecule has 2 N–H and O–H groups in total. The van der Waals surface area contributed by atoms with Crippen LogP contribution in [0.2, 0.25) is 0 Å².